The van der Waals surface area contributed by atoms with Crippen molar-refractivity contribution >= 4 is 28.3 Å². The van der Waals surface area contributed by atoms with Crippen LogP contribution in [0.1, 0.15) is 32.6 Å². The van der Waals surface area contributed by atoms with Crippen LogP contribution in [0.15, 0.2) is 48.5 Å². The quantitative estimate of drug-likeness (QED) is 0.323. The van der Waals surface area contributed by atoms with E-state index in [0.29, 0.717) is 29.4 Å². The maximum Gasteiger partial charge on any atom is 0.282 e. The van der Waals surface area contributed by atoms with Gasteiger partial charge in [-0.2, -0.15) is 5.10 Å². The number of H-pyrrole nitrogens is 1. The van der Waals surface area contributed by atoms with Gasteiger partial charge >= 0.3 is 0 Å². The van der Waals surface area contributed by atoms with Gasteiger partial charge in [-0.25, -0.2) is 8.78 Å². The third-order valence-corrected chi connectivity index (χ3v) is 6.15. The van der Waals surface area contributed by atoms with Gasteiger partial charge in [0, 0.05) is 30.6 Å². The summed E-state index contributed by atoms with van der Waals surface area (Å²) in [6.07, 6.45) is 0.966. The molecule has 3 aromatic carbocycles. The second kappa shape index (κ2) is 8.88. The Hall–Kier alpha value is -4.18. The number of anilines is 1. The number of nitro groups is 1. The van der Waals surface area contributed by atoms with Crippen molar-refractivity contribution in [2.45, 2.75) is 19.4 Å². The molecule has 0 radical (unpaired) electrons. The van der Waals surface area contributed by atoms with Gasteiger partial charge in [0.1, 0.15) is 17.2 Å². The van der Waals surface area contributed by atoms with E-state index in [1.165, 1.54) is 18.2 Å². The van der Waals surface area contributed by atoms with E-state index in [0.717, 1.165) is 29.3 Å². The molecule has 0 saturated carbocycles. The molecule has 10 heteroatoms. The van der Waals surface area contributed by atoms with Crippen molar-refractivity contribution in [3.8, 4) is 0 Å². The number of hydrogen-bond acceptors (Lipinski definition) is 5. The summed E-state index contributed by atoms with van der Waals surface area (Å²) in [6.45, 7) is 1.38. The Bertz CT molecular complexity index is 1460. The monoisotopic (exact) mass is 477 g/mol. The number of nitro benzene ring substituents is 1. The van der Waals surface area contributed by atoms with Crippen molar-refractivity contribution in [2.24, 2.45) is 0 Å². The Labute approximate surface area is 198 Å². The highest BCUT2D eigenvalue weighted by Gasteiger charge is 2.26. The summed E-state index contributed by atoms with van der Waals surface area (Å²) in [7, 11) is 1.94. The third-order valence-electron chi connectivity index (χ3n) is 6.15. The molecule has 0 bridgehead atoms. The highest BCUT2D eigenvalue weighted by Crippen LogP contribution is 2.29. The van der Waals surface area contributed by atoms with Crippen LogP contribution < -0.4 is 5.32 Å². The third kappa shape index (κ3) is 4.60. The maximum atomic E-state index is 13.6. The van der Waals surface area contributed by atoms with E-state index >= 15 is 0 Å². The normalized spacial score (nSPS) is 13.6. The Morgan fingerprint density at radius 3 is 2.63 bits per heavy atom. The molecule has 0 aliphatic carbocycles. The van der Waals surface area contributed by atoms with Crippen molar-refractivity contribution < 1.29 is 18.5 Å². The van der Waals surface area contributed by atoms with Crippen molar-refractivity contribution in [3.63, 3.8) is 0 Å². The standard InChI is InChI=1S/C25H21F2N5O3/c1-31-5-4-16-10-21(23(32(34)35)11-17(16)13-31)25(33)28-24-20-9-14(2-3-22(20)29-30-24)6-15-7-18(26)12-19(27)8-15/h2-3,7-12H,4-6,13H2,1H3,(H2,28,29,30,33). The predicted octanol–water partition coefficient (Wildman–Crippen LogP) is 4.58. The molecule has 178 valence electrons. The Morgan fingerprint density at radius 2 is 1.89 bits per heavy atom. The maximum absolute atomic E-state index is 13.6. The van der Waals surface area contributed by atoms with Crippen LogP contribution in [0.5, 0.6) is 0 Å². The molecule has 8 nitrogen and oxygen atoms in total. The van der Waals surface area contributed by atoms with Gasteiger partial charge in [0.25, 0.3) is 11.6 Å². The van der Waals surface area contributed by atoms with E-state index in [4.69, 9.17) is 0 Å². The van der Waals surface area contributed by atoms with E-state index < -0.39 is 22.5 Å². The molecule has 0 spiro atoms. The number of carbonyl (C=O) groups excluding carboxylic acids is 1. The number of aromatic nitrogens is 2. The number of hydrogen-bond donors (Lipinski definition) is 2. The van der Waals surface area contributed by atoms with Crippen LogP contribution in [-0.4, -0.2) is 39.5 Å². The first-order valence-corrected chi connectivity index (χ1v) is 11.0. The van der Waals surface area contributed by atoms with Gasteiger partial charge in [-0.1, -0.05) is 6.07 Å². The summed E-state index contributed by atoms with van der Waals surface area (Å²) in [5.74, 6) is -1.74. The molecular formula is C25H21F2N5O3. The minimum Gasteiger partial charge on any atom is -0.304 e. The molecule has 5 rings (SSSR count). The van der Waals surface area contributed by atoms with E-state index in [-0.39, 0.29) is 23.5 Å². The van der Waals surface area contributed by atoms with Gasteiger partial charge in [0.15, 0.2) is 5.82 Å². The number of likely N-dealkylation sites (N-methyl/N-ethyl adjacent to an activating group) is 1. The van der Waals surface area contributed by atoms with Gasteiger partial charge in [0.2, 0.25) is 0 Å². The number of fused-ring (bicyclic) bond motifs is 2. The topological polar surface area (TPSA) is 104 Å². The van der Waals surface area contributed by atoms with Crippen molar-refractivity contribution in [1.29, 1.82) is 0 Å². The van der Waals surface area contributed by atoms with Crippen molar-refractivity contribution in [2.75, 3.05) is 18.9 Å². The van der Waals surface area contributed by atoms with Crippen molar-refractivity contribution in [1.82, 2.24) is 15.1 Å². The zero-order chi connectivity index (χ0) is 24.7. The number of benzene rings is 3. The van der Waals surface area contributed by atoms with Crippen LogP contribution in [-0.2, 0) is 19.4 Å². The number of carbonyl (C=O) groups is 1. The van der Waals surface area contributed by atoms with Gasteiger partial charge in [0.05, 0.1) is 10.4 Å². The molecule has 0 unspecified atom stereocenters. The SMILES string of the molecule is CN1CCc2cc(C(=O)Nc3n[nH]c4ccc(Cc5cc(F)cc(F)c5)cc34)c([N+](=O)[O-])cc2C1. The fraction of sp³-hybridized carbons (Fsp3) is 0.200. The van der Waals surface area contributed by atoms with Crippen molar-refractivity contribution in [3.05, 3.63) is 98.1 Å². The Balaban J connectivity index is 1.45. The zero-order valence-corrected chi connectivity index (χ0v) is 18.8. The number of nitrogens with zero attached hydrogens (tertiary/aromatic N) is 3. The fourth-order valence-electron chi connectivity index (χ4n) is 4.46. The van der Waals surface area contributed by atoms with E-state index in [9.17, 15) is 23.7 Å². The Morgan fingerprint density at radius 1 is 1.11 bits per heavy atom. The summed E-state index contributed by atoms with van der Waals surface area (Å²) in [6, 6.07) is 11.7. The molecule has 2 N–H and O–H groups in total. The van der Waals surface area contributed by atoms with Crippen LogP contribution in [0.3, 0.4) is 0 Å². The van der Waals surface area contributed by atoms with Crippen LogP contribution in [0.25, 0.3) is 10.9 Å². The molecule has 1 amide bonds. The molecular weight excluding hydrogens is 456 g/mol. The molecule has 1 aliphatic heterocycles. The first kappa shape index (κ1) is 22.6. The first-order valence-electron chi connectivity index (χ1n) is 11.0. The molecule has 1 aromatic heterocycles. The second-order valence-electron chi connectivity index (χ2n) is 8.74. The highest BCUT2D eigenvalue weighted by atomic mass is 19.1. The van der Waals surface area contributed by atoms with Gasteiger partial charge < -0.3 is 10.2 Å². The highest BCUT2D eigenvalue weighted by molar-refractivity contribution is 6.10. The number of aromatic amines is 1. The average molecular weight is 477 g/mol. The molecule has 0 saturated heterocycles. The number of rotatable bonds is 5. The molecule has 2 heterocycles. The van der Waals surface area contributed by atoms with Crippen LogP contribution in [0.4, 0.5) is 20.3 Å². The molecule has 35 heavy (non-hydrogen) atoms. The van der Waals surface area contributed by atoms with Crippen LogP contribution in [0, 0.1) is 21.7 Å². The summed E-state index contributed by atoms with van der Waals surface area (Å²) < 4.78 is 27.1. The largest absolute Gasteiger partial charge is 0.304 e. The summed E-state index contributed by atoms with van der Waals surface area (Å²) in [5.41, 5.74) is 3.32. The fourth-order valence-corrected chi connectivity index (χ4v) is 4.46. The van der Waals surface area contributed by atoms with E-state index in [2.05, 4.69) is 20.4 Å². The zero-order valence-electron chi connectivity index (χ0n) is 18.8. The molecule has 4 aromatic rings. The minimum absolute atomic E-state index is 0.0270. The lowest BCUT2D eigenvalue weighted by Crippen LogP contribution is -2.27. The van der Waals surface area contributed by atoms with Gasteiger partial charge in [-0.15, -0.1) is 0 Å². The van der Waals surface area contributed by atoms with E-state index in [1.54, 1.807) is 24.3 Å². The molecule has 0 atom stereocenters. The summed E-state index contributed by atoms with van der Waals surface area (Å²) in [4.78, 5) is 26.3. The molecule has 1 aliphatic rings. The van der Waals surface area contributed by atoms with Crippen LogP contribution >= 0.6 is 0 Å². The predicted molar refractivity (Wildman–Crippen MR) is 126 cm³/mol. The first-order chi connectivity index (χ1) is 16.8. The lowest BCUT2D eigenvalue weighted by molar-refractivity contribution is -0.385. The van der Waals surface area contributed by atoms with E-state index in [1.807, 2.05) is 7.05 Å². The summed E-state index contributed by atoms with van der Waals surface area (Å²) >= 11 is 0. The second-order valence-corrected chi connectivity index (χ2v) is 8.74. The van der Waals surface area contributed by atoms with Gasteiger partial charge in [-0.05, 0) is 72.5 Å². The smallest absolute Gasteiger partial charge is 0.282 e. The lowest BCUT2D eigenvalue weighted by Gasteiger charge is -2.25. The Kier molecular flexibility index (Phi) is 5.73. The number of nitrogens with one attached hydrogen (secondary N) is 2. The molecule has 0 fully saturated rings. The minimum atomic E-state index is -0.657. The number of amides is 1. The lowest BCUT2D eigenvalue weighted by atomic mass is 9.96. The van der Waals surface area contributed by atoms with Crippen LogP contribution in [0.2, 0.25) is 0 Å². The van der Waals surface area contributed by atoms with Gasteiger partial charge in [-0.3, -0.25) is 20.0 Å². The average Bonchev–Trinajstić information content (AvgIpc) is 3.19. The number of halogens is 2. The summed E-state index contributed by atoms with van der Waals surface area (Å²) in [5, 5.41) is 22.0.